The Bertz CT molecular complexity index is 1220. The van der Waals surface area contributed by atoms with Crippen LogP contribution in [-0.2, 0) is 0 Å². The van der Waals surface area contributed by atoms with Crippen molar-refractivity contribution in [2.24, 2.45) is 5.73 Å². The average Bonchev–Trinajstić information content (AvgIpc) is 3.46. The quantitative estimate of drug-likeness (QED) is 0.474. The fraction of sp³-hybridized carbons (Fsp3) is 0.182. The summed E-state index contributed by atoms with van der Waals surface area (Å²) in [4.78, 5) is 15.5. The summed E-state index contributed by atoms with van der Waals surface area (Å²) in [5.41, 5.74) is 9.16. The second-order valence-corrected chi connectivity index (χ2v) is 7.32. The van der Waals surface area contributed by atoms with E-state index in [-0.39, 0.29) is 5.75 Å². The van der Waals surface area contributed by atoms with Crippen molar-refractivity contribution in [3.63, 3.8) is 0 Å². The molecule has 0 spiro atoms. The highest BCUT2D eigenvalue weighted by atomic mass is 19.1. The van der Waals surface area contributed by atoms with Crippen LogP contribution in [0.1, 0.15) is 28.4 Å². The summed E-state index contributed by atoms with van der Waals surface area (Å²) in [5.74, 6) is -0.0275. The van der Waals surface area contributed by atoms with Gasteiger partial charge in [0.2, 0.25) is 0 Å². The molecule has 0 aliphatic carbocycles. The van der Waals surface area contributed by atoms with E-state index in [0.717, 1.165) is 36.3 Å². The Kier molecular flexibility index (Phi) is 4.48. The second kappa shape index (κ2) is 7.31. The van der Waals surface area contributed by atoms with Crippen molar-refractivity contribution in [3.05, 3.63) is 71.8 Å². The predicted octanol–water partition coefficient (Wildman–Crippen LogP) is 3.44. The van der Waals surface area contributed by atoms with E-state index in [4.69, 9.17) is 10.5 Å². The molecule has 3 heterocycles. The van der Waals surface area contributed by atoms with Gasteiger partial charge in [0.25, 0.3) is 5.91 Å². The smallest absolute Gasteiger partial charge is 0.269 e. The maximum Gasteiger partial charge on any atom is 0.269 e. The largest absolute Gasteiger partial charge is 0.454 e. The predicted molar refractivity (Wildman–Crippen MR) is 110 cm³/mol. The number of carbonyl (C=O) groups excluding carboxylic acids is 1. The fourth-order valence-corrected chi connectivity index (χ4v) is 3.94. The van der Waals surface area contributed by atoms with Crippen molar-refractivity contribution < 1.29 is 13.9 Å². The lowest BCUT2D eigenvalue weighted by molar-refractivity contribution is 0.0994. The molecule has 4 aromatic rings. The number of benzene rings is 2. The molecule has 5 rings (SSSR count). The molecule has 2 aromatic heterocycles. The molecule has 1 fully saturated rings. The van der Waals surface area contributed by atoms with Crippen LogP contribution in [0.15, 0.2) is 54.7 Å². The van der Waals surface area contributed by atoms with E-state index < -0.39 is 11.7 Å². The van der Waals surface area contributed by atoms with Gasteiger partial charge in [-0.3, -0.25) is 4.79 Å². The number of para-hydroxylation sites is 1. The van der Waals surface area contributed by atoms with Crippen LogP contribution in [0.25, 0.3) is 16.9 Å². The normalized spacial score (nSPS) is 16.2. The number of hydrogen-bond donors (Lipinski definition) is 3. The third kappa shape index (κ3) is 3.11. The monoisotopic (exact) mass is 405 g/mol. The molecule has 2 aromatic carbocycles. The number of nitrogens with one attached hydrogen (secondary N) is 2. The topological polar surface area (TPSA) is 97.4 Å². The minimum atomic E-state index is -0.567. The van der Waals surface area contributed by atoms with Gasteiger partial charge in [0.1, 0.15) is 11.4 Å². The first kappa shape index (κ1) is 18.4. The zero-order chi connectivity index (χ0) is 20.7. The zero-order valence-corrected chi connectivity index (χ0v) is 16.1. The van der Waals surface area contributed by atoms with Crippen molar-refractivity contribution in [3.8, 4) is 22.8 Å². The Hall–Kier alpha value is -3.65. The molecule has 1 aliphatic heterocycles. The number of nitrogens with zero attached hydrogens (tertiary/aromatic N) is 2. The van der Waals surface area contributed by atoms with Gasteiger partial charge in [0.15, 0.2) is 17.3 Å². The van der Waals surface area contributed by atoms with Crippen molar-refractivity contribution >= 4 is 11.6 Å². The number of primary amides is 1. The minimum absolute atomic E-state index is 0.149. The number of nitrogens with two attached hydrogens (primary N) is 1. The first-order valence-corrected chi connectivity index (χ1v) is 9.75. The molecular formula is C22H20FN5O2. The highest BCUT2D eigenvalue weighted by molar-refractivity contribution is 5.98. The van der Waals surface area contributed by atoms with Gasteiger partial charge >= 0.3 is 0 Å². The summed E-state index contributed by atoms with van der Waals surface area (Å²) in [7, 11) is 0. The molecule has 8 heteroatoms. The van der Waals surface area contributed by atoms with E-state index in [1.54, 1.807) is 53.2 Å². The highest BCUT2D eigenvalue weighted by Crippen LogP contribution is 2.32. The molecule has 7 nitrogen and oxygen atoms in total. The van der Waals surface area contributed by atoms with Crippen LogP contribution in [0.4, 0.5) is 4.39 Å². The molecule has 152 valence electrons. The number of imidazole rings is 1. The summed E-state index contributed by atoms with van der Waals surface area (Å²) in [6.07, 6.45) is 2.81. The van der Waals surface area contributed by atoms with Crippen LogP contribution in [-0.4, -0.2) is 33.6 Å². The zero-order valence-electron chi connectivity index (χ0n) is 16.1. The van der Waals surface area contributed by atoms with Gasteiger partial charge in [-0.1, -0.05) is 12.1 Å². The van der Waals surface area contributed by atoms with Gasteiger partial charge < -0.3 is 20.8 Å². The van der Waals surface area contributed by atoms with E-state index >= 15 is 0 Å². The minimum Gasteiger partial charge on any atom is -0.454 e. The number of H-pyrrole nitrogens is 1. The van der Waals surface area contributed by atoms with Crippen molar-refractivity contribution in [2.75, 3.05) is 13.1 Å². The number of halogens is 1. The summed E-state index contributed by atoms with van der Waals surface area (Å²) in [6.45, 7) is 1.84. The van der Waals surface area contributed by atoms with Crippen LogP contribution in [0.5, 0.6) is 11.5 Å². The Morgan fingerprint density at radius 1 is 1.20 bits per heavy atom. The van der Waals surface area contributed by atoms with Crippen molar-refractivity contribution in [1.29, 1.82) is 0 Å². The van der Waals surface area contributed by atoms with E-state index in [9.17, 15) is 9.18 Å². The first-order chi connectivity index (χ1) is 14.6. The van der Waals surface area contributed by atoms with Crippen LogP contribution >= 0.6 is 0 Å². The summed E-state index contributed by atoms with van der Waals surface area (Å²) in [5, 5.41) is 7.75. The molecular weight excluding hydrogens is 385 g/mol. The molecule has 1 unspecified atom stereocenters. The number of rotatable bonds is 5. The maximum atomic E-state index is 13.8. The maximum absolute atomic E-state index is 13.8. The summed E-state index contributed by atoms with van der Waals surface area (Å²) >= 11 is 0. The van der Waals surface area contributed by atoms with Gasteiger partial charge in [-0.2, -0.15) is 5.10 Å². The Morgan fingerprint density at radius 2 is 2.00 bits per heavy atom. The molecule has 1 saturated heterocycles. The standard InChI is InChI=1S/C22H20FN5O2/c23-17-3-1-2-4-18(17)30-15-7-5-13(6-8-15)19-20(21(24)29)28-22(27-19)16(12-26-28)14-9-10-25-11-14/h1-8,12,14,25,27H,9-11H2,(H2,24,29). The van der Waals surface area contributed by atoms with Crippen LogP contribution in [0, 0.1) is 5.82 Å². The Morgan fingerprint density at radius 3 is 2.70 bits per heavy atom. The highest BCUT2D eigenvalue weighted by Gasteiger charge is 2.26. The van der Waals surface area contributed by atoms with Gasteiger partial charge in [0.05, 0.1) is 11.9 Å². The van der Waals surface area contributed by atoms with Gasteiger partial charge in [-0.05, 0) is 49.4 Å². The molecule has 1 atom stereocenters. The summed E-state index contributed by atoms with van der Waals surface area (Å²) in [6, 6.07) is 13.3. The molecule has 4 N–H and O–H groups in total. The van der Waals surface area contributed by atoms with Crippen LogP contribution in [0.2, 0.25) is 0 Å². The average molecular weight is 405 g/mol. The Labute approximate surface area is 171 Å². The first-order valence-electron chi connectivity index (χ1n) is 9.75. The number of ether oxygens (including phenoxy) is 1. The van der Waals surface area contributed by atoms with Gasteiger partial charge in [0, 0.05) is 23.6 Å². The second-order valence-electron chi connectivity index (χ2n) is 7.32. The number of carbonyl (C=O) groups is 1. The molecule has 0 radical (unpaired) electrons. The number of fused-ring (bicyclic) bond motifs is 1. The van der Waals surface area contributed by atoms with Crippen molar-refractivity contribution in [2.45, 2.75) is 12.3 Å². The van der Waals surface area contributed by atoms with E-state index in [2.05, 4.69) is 15.4 Å². The fourth-order valence-electron chi connectivity index (χ4n) is 3.94. The third-order valence-corrected chi connectivity index (χ3v) is 5.43. The lowest BCUT2D eigenvalue weighted by Crippen LogP contribution is -2.15. The molecule has 0 saturated carbocycles. The van der Waals surface area contributed by atoms with Crippen molar-refractivity contribution in [1.82, 2.24) is 19.9 Å². The van der Waals surface area contributed by atoms with E-state index in [1.165, 1.54) is 6.07 Å². The number of aromatic nitrogens is 3. The number of aromatic amines is 1. The van der Waals surface area contributed by atoms with E-state index in [0.29, 0.717) is 23.1 Å². The third-order valence-electron chi connectivity index (χ3n) is 5.43. The number of amides is 1. The summed E-state index contributed by atoms with van der Waals surface area (Å²) < 4.78 is 21.0. The molecule has 1 aliphatic rings. The van der Waals surface area contributed by atoms with E-state index in [1.807, 2.05) is 0 Å². The SMILES string of the molecule is NC(=O)c1c(-c2ccc(Oc3ccccc3F)cc2)[nH]c2c(C3CCNC3)cnn12. The van der Waals surface area contributed by atoms with Crippen LogP contribution in [0.3, 0.4) is 0 Å². The lowest BCUT2D eigenvalue weighted by atomic mass is 10.0. The molecule has 0 bridgehead atoms. The van der Waals surface area contributed by atoms with Gasteiger partial charge in [-0.25, -0.2) is 8.91 Å². The lowest BCUT2D eigenvalue weighted by Gasteiger charge is -2.08. The number of hydrogen-bond acceptors (Lipinski definition) is 4. The van der Waals surface area contributed by atoms with Crippen LogP contribution < -0.4 is 15.8 Å². The Balaban J connectivity index is 1.51. The molecule has 30 heavy (non-hydrogen) atoms. The molecule has 1 amide bonds. The van der Waals surface area contributed by atoms with Gasteiger partial charge in [-0.15, -0.1) is 0 Å².